The molecule has 184 valence electrons. The minimum absolute atomic E-state index is 0.0762. The van der Waals surface area contributed by atoms with Gasteiger partial charge in [-0.1, -0.05) is 45.0 Å². The monoisotopic (exact) mass is 482 g/mol. The van der Waals surface area contributed by atoms with Crippen LogP contribution in [-0.4, -0.2) is 56.4 Å². The van der Waals surface area contributed by atoms with Gasteiger partial charge in [0.1, 0.15) is 5.41 Å². The smallest absolute Gasteiger partial charge is 0.320 e. The van der Waals surface area contributed by atoms with Gasteiger partial charge >= 0.3 is 5.97 Å². The lowest BCUT2D eigenvalue weighted by molar-refractivity contribution is -0.154. The minimum atomic E-state index is -1.96. The largest absolute Gasteiger partial charge is 0.468 e. The number of benzene rings is 1. The SMILES string of the molecule is COC(=O)[C@]1(c2cc3ccccc3[nH]2)CCC=C2CCC(=O)N(CCO[Si](C)(C)C(C)(C)C)[C@@H]21. The molecule has 4 rings (SSSR count). The highest BCUT2D eigenvalue weighted by Crippen LogP contribution is 2.47. The molecule has 0 spiro atoms. The van der Waals surface area contributed by atoms with Gasteiger partial charge in [-0.3, -0.25) is 9.59 Å². The molecule has 2 aliphatic rings. The van der Waals surface area contributed by atoms with Gasteiger partial charge in [0.05, 0.1) is 19.8 Å². The molecule has 1 aromatic carbocycles. The molecule has 34 heavy (non-hydrogen) atoms. The van der Waals surface area contributed by atoms with Crippen LogP contribution in [-0.2, 0) is 24.2 Å². The Morgan fingerprint density at radius 2 is 1.97 bits per heavy atom. The first-order chi connectivity index (χ1) is 16.0. The third kappa shape index (κ3) is 4.13. The van der Waals surface area contributed by atoms with Gasteiger partial charge in [0.25, 0.3) is 0 Å². The number of likely N-dealkylation sites (tertiary alicyclic amines) is 1. The number of nitrogens with zero attached hydrogens (tertiary/aromatic N) is 1. The third-order valence-electron chi connectivity index (χ3n) is 8.18. The molecule has 1 fully saturated rings. The highest BCUT2D eigenvalue weighted by atomic mass is 28.4. The maximum Gasteiger partial charge on any atom is 0.320 e. The van der Waals surface area contributed by atoms with E-state index in [0.717, 1.165) is 28.6 Å². The highest BCUT2D eigenvalue weighted by Gasteiger charge is 2.56. The third-order valence-corrected chi connectivity index (χ3v) is 12.7. The molecule has 2 aromatic rings. The number of nitrogens with one attached hydrogen (secondary N) is 1. The van der Waals surface area contributed by atoms with E-state index >= 15 is 0 Å². The number of ether oxygens (including phenoxy) is 1. The van der Waals surface area contributed by atoms with Crippen LogP contribution in [0.1, 0.15) is 52.1 Å². The molecular weight excluding hydrogens is 444 g/mol. The summed E-state index contributed by atoms with van der Waals surface area (Å²) >= 11 is 0. The van der Waals surface area contributed by atoms with Crippen LogP contribution in [0.3, 0.4) is 0 Å². The van der Waals surface area contributed by atoms with Crippen molar-refractivity contribution in [3.63, 3.8) is 0 Å². The van der Waals surface area contributed by atoms with Crippen LogP contribution in [0.2, 0.25) is 18.1 Å². The van der Waals surface area contributed by atoms with Crippen molar-refractivity contribution < 1.29 is 18.8 Å². The predicted octanol–water partition coefficient (Wildman–Crippen LogP) is 5.31. The van der Waals surface area contributed by atoms with E-state index in [9.17, 15) is 9.59 Å². The van der Waals surface area contributed by atoms with Crippen LogP contribution < -0.4 is 0 Å². The first-order valence-electron chi connectivity index (χ1n) is 12.3. The minimum Gasteiger partial charge on any atom is -0.468 e. The normalized spacial score (nSPS) is 23.6. The molecule has 0 bridgehead atoms. The summed E-state index contributed by atoms with van der Waals surface area (Å²) in [7, 11) is -0.511. The Bertz CT molecular complexity index is 1080. The number of fused-ring (bicyclic) bond motifs is 2. The van der Waals surface area contributed by atoms with Crippen molar-refractivity contribution in [1.29, 1.82) is 0 Å². The summed E-state index contributed by atoms with van der Waals surface area (Å²) in [5, 5.41) is 1.14. The Morgan fingerprint density at radius 3 is 2.65 bits per heavy atom. The van der Waals surface area contributed by atoms with Gasteiger partial charge in [-0.2, -0.15) is 0 Å². The van der Waals surface area contributed by atoms with Crippen molar-refractivity contribution in [2.75, 3.05) is 20.3 Å². The van der Waals surface area contributed by atoms with Crippen LogP contribution in [0.25, 0.3) is 10.9 Å². The Labute approximate surface area is 203 Å². The van der Waals surface area contributed by atoms with E-state index in [0.29, 0.717) is 32.4 Å². The van der Waals surface area contributed by atoms with Crippen LogP contribution in [0, 0.1) is 0 Å². The molecule has 1 N–H and O–H groups in total. The van der Waals surface area contributed by atoms with Crippen molar-refractivity contribution in [2.24, 2.45) is 0 Å². The zero-order chi connectivity index (χ0) is 24.7. The van der Waals surface area contributed by atoms with Crippen LogP contribution in [0.5, 0.6) is 0 Å². The van der Waals surface area contributed by atoms with Crippen molar-refractivity contribution in [3.8, 4) is 0 Å². The molecule has 1 aliphatic carbocycles. The second kappa shape index (κ2) is 9.00. The maximum absolute atomic E-state index is 13.6. The van der Waals surface area contributed by atoms with E-state index in [1.165, 1.54) is 7.11 Å². The molecular formula is C27H38N2O4Si. The first-order valence-corrected chi connectivity index (χ1v) is 15.2. The fourth-order valence-corrected chi connectivity index (χ4v) is 6.30. The number of piperidine rings is 1. The van der Waals surface area contributed by atoms with Crippen molar-refractivity contribution in [1.82, 2.24) is 9.88 Å². The highest BCUT2D eigenvalue weighted by molar-refractivity contribution is 6.74. The number of aromatic nitrogens is 1. The molecule has 0 radical (unpaired) electrons. The first kappa shape index (κ1) is 24.7. The van der Waals surface area contributed by atoms with Crippen LogP contribution >= 0.6 is 0 Å². The van der Waals surface area contributed by atoms with E-state index in [-0.39, 0.29) is 23.0 Å². The van der Waals surface area contributed by atoms with E-state index in [1.54, 1.807) is 0 Å². The summed E-state index contributed by atoms with van der Waals surface area (Å²) in [6, 6.07) is 9.71. The molecule has 0 saturated carbocycles. The Balaban J connectivity index is 1.74. The second-order valence-corrected chi connectivity index (χ2v) is 16.0. The van der Waals surface area contributed by atoms with E-state index in [1.807, 2.05) is 29.2 Å². The number of allylic oxidation sites excluding steroid dienone is 1. The zero-order valence-electron chi connectivity index (χ0n) is 21.4. The molecule has 2 atom stereocenters. The Kier molecular flexibility index (Phi) is 6.55. The van der Waals surface area contributed by atoms with Gasteiger partial charge in [0.15, 0.2) is 8.32 Å². The van der Waals surface area contributed by atoms with Gasteiger partial charge in [-0.15, -0.1) is 0 Å². The number of carbonyl (C=O) groups is 2. The molecule has 1 aliphatic heterocycles. The summed E-state index contributed by atoms with van der Waals surface area (Å²) < 4.78 is 11.9. The molecule has 6 nitrogen and oxygen atoms in total. The molecule has 1 amide bonds. The van der Waals surface area contributed by atoms with Gasteiger partial charge in [0.2, 0.25) is 5.91 Å². The van der Waals surface area contributed by atoms with Gasteiger partial charge in [-0.05, 0) is 60.5 Å². The fraction of sp³-hybridized carbons (Fsp3) is 0.556. The van der Waals surface area contributed by atoms with E-state index in [4.69, 9.17) is 9.16 Å². The Morgan fingerprint density at radius 1 is 1.24 bits per heavy atom. The summed E-state index contributed by atoms with van der Waals surface area (Å²) in [6.45, 7) is 12.0. The van der Waals surface area contributed by atoms with E-state index in [2.05, 4.69) is 51.0 Å². The van der Waals surface area contributed by atoms with Gasteiger partial charge in [0, 0.05) is 24.2 Å². The number of H-pyrrole nitrogens is 1. The van der Waals surface area contributed by atoms with Crippen molar-refractivity contribution in [3.05, 3.63) is 47.7 Å². The average Bonchev–Trinajstić information content (AvgIpc) is 3.23. The quantitative estimate of drug-likeness (QED) is 0.344. The fourth-order valence-electron chi connectivity index (χ4n) is 5.26. The average molecular weight is 483 g/mol. The van der Waals surface area contributed by atoms with Crippen LogP contribution in [0.15, 0.2) is 42.0 Å². The number of rotatable bonds is 6. The number of methoxy groups -OCH3 is 1. The lowest BCUT2D eigenvalue weighted by Crippen LogP contribution is -2.61. The lowest BCUT2D eigenvalue weighted by Gasteiger charge is -2.49. The summed E-state index contributed by atoms with van der Waals surface area (Å²) in [4.78, 5) is 32.3. The standard InChI is InChI=1S/C27H38N2O4Si/c1-26(2,3)34(5,6)33-17-16-29-23(30)14-13-19-11-9-15-27(24(19)29,25(31)32-4)22-18-20-10-7-8-12-21(20)28-22/h7-8,10-12,18,24,28H,9,13-17H2,1-6H3/t24-,27-/m0/s1. The zero-order valence-corrected chi connectivity index (χ0v) is 22.4. The topological polar surface area (TPSA) is 71.6 Å². The van der Waals surface area contributed by atoms with Crippen molar-refractivity contribution in [2.45, 2.75) is 76.0 Å². The Hall–Kier alpha value is -2.38. The number of para-hydroxylation sites is 1. The number of aromatic amines is 1. The molecule has 1 saturated heterocycles. The van der Waals surface area contributed by atoms with Crippen molar-refractivity contribution >= 4 is 31.1 Å². The number of amides is 1. The summed E-state index contributed by atoms with van der Waals surface area (Å²) in [5.74, 6) is -0.216. The number of carbonyl (C=O) groups excluding carboxylic acids is 2. The summed E-state index contributed by atoms with van der Waals surface area (Å²) in [6.07, 6.45) is 4.74. The van der Waals surface area contributed by atoms with E-state index < -0.39 is 13.7 Å². The molecule has 0 unspecified atom stereocenters. The predicted molar refractivity (Wildman–Crippen MR) is 137 cm³/mol. The van der Waals surface area contributed by atoms with Gasteiger partial charge < -0.3 is 19.0 Å². The summed E-state index contributed by atoms with van der Waals surface area (Å²) in [5.41, 5.74) is 1.99. The molecule has 2 heterocycles. The molecule has 7 heteroatoms. The number of hydrogen-bond acceptors (Lipinski definition) is 4. The van der Waals surface area contributed by atoms with Gasteiger partial charge in [-0.25, -0.2) is 0 Å². The second-order valence-electron chi connectivity index (χ2n) is 11.1. The molecule has 1 aromatic heterocycles. The number of esters is 1. The van der Waals surface area contributed by atoms with Crippen LogP contribution in [0.4, 0.5) is 0 Å². The maximum atomic E-state index is 13.6. The number of hydrogen-bond donors (Lipinski definition) is 1. The lowest BCUT2D eigenvalue weighted by atomic mass is 9.65.